The lowest BCUT2D eigenvalue weighted by atomic mass is 10.2. The van der Waals surface area contributed by atoms with E-state index in [9.17, 15) is 9.59 Å². The number of hydrogen-bond donors (Lipinski definition) is 2. The van der Waals surface area contributed by atoms with E-state index in [1.54, 1.807) is 25.3 Å². The van der Waals surface area contributed by atoms with Crippen molar-refractivity contribution in [1.82, 2.24) is 5.32 Å². The van der Waals surface area contributed by atoms with E-state index >= 15 is 0 Å². The van der Waals surface area contributed by atoms with Crippen molar-refractivity contribution in [3.8, 4) is 11.5 Å². The summed E-state index contributed by atoms with van der Waals surface area (Å²) in [6, 6.07) is 5.06. The van der Waals surface area contributed by atoms with Crippen LogP contribution in [0.3, 0.4) is 0 Å². The first-order valence-corrected chi connectivity index (χ1v) is 7.05. The van der Waals surface area contributed by atoms with Crippen molar-refractivity contribution in [2.75, 3.05) is 32.7 Å². The lowest BCUT2D eigenvalue weighted by molar-refractivity contribution is -0.131. The van der Waals surface area contributed by atoms with Crippen molar-refractivity contribution < 1.29 is 23.8 Å². The maximum absolute atomic E-state index is 11.9. The van der Waals surface area contributed by atoms with E-state index in [0.29, 0.717) is 30.2 Å². The van der Waals surface area contributed by atoms with Gasteiger partial charge in [0.25, 0.3) is 0 Å². The number of anilines is 1. The summed E-state index contributed by atoms with van der Waals surface area (Å²) in [7, 11) is 3.05. The van der Waals surface area contributed by atoms with E-state index in [0.717, 1.165) is 6.42 Å². The maximum Gasteiger partial charge on any atom is 0.249 e. The highest BCUT2D eigenvalue weighted by Crippen LogP contribution is 2.28. The molecule has 22 heavy (non-hydrogen) atoms. The molecule has 0 saturated carbocycles. The van der Waals surface area contributed by atoms with Crippen molar-refractivity contribution in [2.24, 2.45) is 0 Å². The number of carbonyl (C=O) groups excluding carboxylic acids is 2. The highest BCUT2D eigenvalue weighted by atomic mass is 16.5. The minimum atomic E-state index is -0.441. The minimum Gasteiger partial charge on any atom is -0.497 e. The van der Waals surface area contributed by atoms with Gasteiger partial charge in [-0.05, 0) is 25.0 Å². The number of ether oxygens (including phenoxy) is 3. The van der Waals surface area contributed by atoms with Gasteiger partial charge in [-0.1, -0.05) is 0 Å². The number of rotatable bonds is 6. The van der Waals surface area contributed by atoms with E-state index in [-0.39, 0.29) is 18.4 Å². The fourth-order valence-corrected chi connectivity index (χ4v) is 2.16. The molecule has 0 spiro atoms. The van der Waals surface area contributed by atoms with Gasteiger partial charge >= 0.3 is 0 Å². The average molecular weight is 308 g/mol. The lowest BCUT2D eigenvalue weighted by Crippen LogP contribution is -2.39. The summed E-state index contributed by atoms with van der Waals surface area (Å²) in [5.74, 6) is 0.517. The van der Waals surface area contributed by atoms with Crippen LogP contribution in [0.5, 0.6) is 11.5 Å². The number of methoxy groups -OCH3 is 2. The van der Waals surface area contributed by atoms with Crippen LogP contribution in [0, 0.1) is 0 Å². The Labute approximate surface area is 128 Å². The molecule has 7 heteroatoms. The second-order valence-corrected chi connectivity index (χ2v) is 4.83. The Morgan fingerprint density at radius 3 is 2.77 bits per heavy atom. The molecular formula is C15H20N2O5. The van der Waals surface area contributed by atoms with Crippen molar-refractivity contribution in [2.45, 2.75) is 18.9 Å². The molecule has 1 aliphatic heterocycles. The third-order valence-electron chi connectivity index (χ3n) is 3.33. The van der Waals surface area contributed by atoms with Crippen LogP contribution in [-0.2, 0) is 14.3 Å². The summed E-state index contributed by atoms with van der Waals surface area (Å²) >= 11 is 0. The number of hydrogen-bond acceptors (Lipinski definition) is 5. The molecule has 1 heterocycles. The largest absolute Gasteiger partial charge is 0.497 e. The standard InChI is InChI=1S/C15H20N2O5/c1-20-10-5-6-11(13(8-10)21-2)17-14(18)9-16-15(19)12-4-3-7-22-12/h5-6,8,12H,3-4,7,9H2,1-2H3,(H,16,19)(H,17,18). The van der Waals surface area contributed by atoms with Gasteiger partial charge in [-0.2, -0.15) is 0 Å². The molecule has 2 amide bonds. The Hall–Kier alpha value is -2.28. The predicted octanol–water partition coefficient (Wildman–Crippen LogP) is 0.937. The predicted molar refractivity (Wildman–Crippen MR) is 80.2 cm³/mol. The molecule has 0 aliphatic carbocycles. The molecule has 7 nitrogen and oxygen atoms in total. The highest BCUT2D eigenvalue weighted by Gasteiger charge is 2.23. The molecular weight excluding hydrogens is 288 g/mol. The van der Waals surface area contributed by atoms with E-state index in [1.807, 2.05) is 0 Å². The minimum absolute atomic E-state index is 0.117. The van der Waals surface area contributed by atoms with Crippen LogP contribution >= 0.6 is 0 Å². The number of benzene rings is 1. The van der Waals surface area contributed by atoms with Crippen molar-refractivity contribution in [3.05, 3.63) is 18.2 Å². The van der Waals surface area contributed by atoms with Crippen LogP contribution in [0.1, 0.15) is 12.8 Å². The van der Waals surface area contributed by atoms with Crippen molar-refractivity contribution >= 4 is 17.5 Å². The Morgan fingerprint density at radius 1 is 1.32 bits per heavy atom. The van der Waals surface area contributed by atoms with Gasteiger partial charge in [-0.15, -0.1) is 0 Å². The van der Waals surface area contributed by atoms with Gasteiger partial charge in [0.2, 0.25) is 11.8 Å². The first kappa shape index (κ1) is 16.1. The van der Waals surface area contributed by atoms with Gasteiger partial charge in [0, 0.05) is 12.7 Å². The fraction of sp³-hybridized carbons (Fsp3) is 0.467. The third kappa shape index (κ3) is 4.11. The average Bonchev–Trinajstić information content (AvgIpc) is 3.07. The van der Waals surface area contributed by atoms with Crippen LogP contribution in [0.2, 0.25) is 0 Å². The smallest absolute Gasteiger partial charge is 0.249 e. The molecule has 120 valence electrons. The third-order valence-corrected chi connectivity index (χ3v) is 3.33. The lowest BCUT2D eigenvalue weighted by Gasteiger charge is -2.13. The number of nitrogens with one attached hydrogen (secondary N) is 2. The normalized spacial score (nSPS) is 16.9. The molecule has 2 N–H and O–H groups in total. The van der Waals surface area contributed by atoms with Gasteiger partial charge in [0.05, 0.1) is 26.5 Å². The number of amides is 2. The topological polar surface area (TPSA) is 85.9 Å². The quantitative estimate of drug-likeness (QED) is 0.817. The molecule has 1 aliphatic rings. The molecule has 1 unspecified atom stereocenters. The van der Waals surface area contributed by atoms with E-state index in [1.165, 1.54) is 7.11 Å². The molecule has 1 aromatic rings. The SMILES string of the molecule is COc1ccc(NC(=O)CNC(=O)C2CCCO2)c(OC)c1. The van der Waals surface area contributed by atoms with Crippen LogP contribution in [-0.4, -0.2) is 45.3 Å². The molecule has 2 rings (SSSR count). The molecule has 0 radical (unpaired) electrons. The Balaban J connectivity index is 1.87. The summed E-state index contributed by atoms with van der Waals surface area (Å²) in [4.78, 5) is 23.7. The molecule has 1 aromatic carbocycles. The maximum atomic E-state index is 11.9. The van der Waals surface area contributed by atoms with Gasteiger partial charge in [0.1, 0.15) is 17.6 Å². The van der Waals surface area contributed by atoms with Crippen LogP contribution in [0.15, 0.2) is 18.2 Å². The zero-order valence-electron chi connectivity index (χ0n) is 12.7. The van der Waals surface area contributed by atoms with Crippen molar-refractivity contribution in [1.29, 1.82) is 0 Å². The zero-order valence-corrected chi connectivity index (χ0v) is 12.7. The van der Waals surface area contributed by atoms with Crippen LogP contribution < -0.4 is 20.1 Å². The second kappa shape index (κ2) is 7.65. The molecule has 1 fully saturated rings. The van der Waals surface area contributed by atoms with Gasteiger partial charge in [0.15, 0.2) is 0 Å². The Bertz CT molecular complexity index is 541. The summed E-state index contributed by atoms with van der Waals surface area (Å²) in [5, 5.41) is 5.25. The second-order valence-electron chi connectivity index (χ2n) is 4.83. The van der Waals surface area contributed by atoms with Crippen LogP contribution in [0.4, 0.5) is 5.69 Å². The first-order chi connectivity index (χ1) is 10.6. The summed E-state index contributed by atoms with van der Waals surface area (Å²) in [5.41, 5.74) is 0.514. The van der Waals surface area contributed by atoms with E-state index < -0.39 is 6.10 Å². The van der Waals surface area contributed by atoms with E-state index in [4.69, 9.17) is 14.2 Å². The highest BCUT2D eigenvalue weighted by molar-refractivity contribution is 5.96. The summed E-state index contributed by atoms with van der Waals surface area (Å²) in [6.45, 7) is 0.473. The monoisotopic (exact) mass is 308 g/mol. The summed E-state index contributed by atoms with van der Waals surface area (Å²) in [6.07, 6.45) is 1.12. The van der Waals surface area contributed by atoms with Gasteiger partial charge in [-0.3, -0.25) is 9.59 Å². The van der Waals surface area contributed by atoms with Crippen LogP contribution in [0.25, 0.3) is 0 Å². The van der Waals surface area contributed by atoms with E-state index in [2.05, 4.69) is 10.6 Å². The molecule has 1 saturated heterocycles. The Kier molecular flexibility index (Phi) is 5.60. The van der Waals surface area contributed by atoms with Gasteiger partial charge in [-0.25, -0.2) is 0 Å². The molecule has 1 atom stereocenters. The Morgan fingerprint density at radius 2 is 2.14 bits per heavy atom. The number of carbonyl (C=O) groups is 2. The molecule has 0 bridgehead atoms. The van der Waals surface area contributed by atoms with Gasteiger partial charge < -0.3 is 24.8 Å². The summed E-state index contributed by atoms with van der Waals surface area (Å²) < 4.78 is 15.5. The fourth-order valence-electron chi connectivity index (χ4n) is 2.16. The van der Waals surface area contributed by atoms with Crippen molar-refractivity contribution in [3.63, 3.8) is 0 Å². The zero-order chi connectivity index (χ0) is 15.9. The molecule has 0 aromatic heterocycles. The first-order valence-electron chi connectivity index (χ1n) is 7.05.